The highest BCUT2D eigenvalue weighted by Crippen LogP contribution is 1.94. The van der Waals surface area contributed by atoms with E-state index in [0.29, 0.717) is 4.43 Å². The molecule has 16 heavy (non-hydrogen) atoms. The van der Waals surface area contributed by atoms with E-state index < -0.39 is 12.6 Å². The monoisotopic (exact) mass is 358 g/mol. The fraction of sp³-hybridized carbons (Fsp3) is 1.00. The van der Waals surface area contributed by atoms with Gasteiger partial charge in [-0.15, -0.1) is 0 Å². The smallest absolute Gasteiger partial charge is 0.166 e. The second-order valence-electron chi connectivity index (χ2n) is 1.66. The number of hydrogen-bond acceptors (Lipinski definition) is 4. The summed E-state index contributed by atoms with van der Waals surface area (Å²) in [6, 6.07) is 0. The summed E-state index contributed by atoms with van der Waals surface area (Å²) in [4.78, 5) is 0. The van der Waals surface area contributed by atoms with Crippen molar-refractivity contribution in [1.29, 1.82) is 0 Å². The van der Waals surface area contributed by atoms with Crippen LogP contribution in [0.4, 0.5) is 0 Å². The zero-order valence-corrected chi connectivity index (χ0v) is 7.82. The van der Waals surface area contributed by atoms with Crippen molar-refractivity contribution in [3.8, 4) is 0 Å². The van der Waals surface area contributed by atoms with E-state index in [9.17, 15) is 0 Å². The van der Waals surface area contributed by atoms with Gasteiger partial charge in [0.25, 0.3) is 0 Å². The second-order valence-corrected chi connectivity index (χ2v) is 2.54. The molecule has 0 aromatic heterocycles. The summed E-state index contributed by atoms with van der Waals surface area (Å²) in [7, 11) is 0. The molecule has 2 N–H and O–H groups in total. The maximum atomic E-state index is 8.78. The molecule has 0 saturated carbocycles. The standard InChI is InChI=1S/C5H11IO4.6CH4/c1-4(7)9-3-10-5(8)2-6;;;;;;/h4-5,7-8H,2-3H2,1H3;6*1H4. The summed E-state index contributed by atoms with van der Waals surface area (Å²) in [6.07, 6.45) is -1.65. The predicted molar refractivity (Wildman–Crippen MR) is 84.0 cm³/mol. The zero-order valence-electron chi connectivity index (χ0n) is 5.66. The van der Waals surface area contributed by atoms with E-state index in [0.717, 1.165) is 0 Å². The van der Waals surface area contributed by atoms with Gasteiger partial charge in [-0.3, -0.25) is 0 Å². The second kappa shape index (κ2) is 29.6. The minimum atomic E-state index is -0.846. The number of aliphatic hydroxyl groups excluding tert-OH is 2. The molecule has 0 rings (SSSR count). The van der Waals surface area contributed by atoms with Gasteiger partial charge in [0.1, 0.15) is 0 Å². The van der Waals surface area contributed by atoms with Gasteiger partial charge in [-0.1, -0.05) is 67.2 Å². The molecule has 4 nitrogen and oxygen atoms in total. The van der Waals surface area contributed by atoms with Crippen molar-refractivity contribution in [2.24, 2.45) is 0 Å². The molecule has 0 amide bonds. The van der Waals surface area contributed by atoms with E-state index in [1.54, 1.807) is 0 Å². The Kier molecular flexibility index (Phi) is 81.1. The quantitative estimate of drug-likeness (QED) is 0.445. The third-order valence-electron chi connectivity index (χ3n) is 0.702. The Hall–Kier alpha value is 0.570. The number of ether oxygens (including phenoxy) is 2. The molecule has 2 atom stereocenters. The van der Waals surface area contributed by atoms with Crippen molar-refractivity contribution in [2.75, 3.05) is 11.2 Å². The van der Waals surface area contributed by atoms with Crippen molar-refractivity contribution < 1.29 is 19.7 Å². The number of rotatable bonds is 5. The van der Waals surface area contributed by atoms with Crippen molar-refractivity contribution in [3.63, 3.8) is 0 Å². The highest BCUT2D eigenvalue weighted by atomic mass is 127. The van der Waals surface area contributed by atoms with Crippen LogP contribution >= 0.6 is 22.6 Å². The lowest BCUT2D eigenvalue weighted by atomic mass is 10.8. The van der Waals surface area contributed by atoms with Gasteiger partial charge < -0.3 is 19.7 Å². The van der Waals surface area contributed by atoms with Crippen LogP contribution in [0, 0.1) is 0 Å². The molecular formula is C11H35IO4. The third kappa shape index (κ3) is 36.5. The predicted octanol–water partition coefficient (Wildman–Crippen LogP) is 3.89. The summed E-state index contributed by atoms with van der Waals surface area (Å²) >= 11 is 1.98. The van der Waals surface area contributed by atoms with Crippen molar-refractivity contribution >= 4 is 22.6 Å². The molecule has 0 bridgehead atoms. The molecule has 5 heteroatoms. The molecule has 0 aromatic carbocycles. The molecule has 0 radical (unpaired) electrons. The summed E-state index contributed by atoms with van der Waals surface area (Å²) in [5, 5.41) is 17.3. The fourth-order valence-electron chi connectivity index (χ4n) is 0.261. The van der Waals surface area contributed by atoms with E-state index in [4.69, 9.17) is 10.2 Å². The van der Waals surface area contributed by atoms with Gasteiger partial charge >= 0.3 is 0 Å². The van der Waals surface area contributed by atoms with E-state index >= 15 is 0 Å². The average molecular weight is 358 g/mol. The molecule has 110 valence electrons. The molecule has 0 aliphatic heterocycles. The lowest BCUT2D eigenvalue weighted by molar-refractivity contribution is -0.208. The summed E-state index contributed by atoms with van der Waals surface area (Å²) in [6.45, 7) is 1.39. The lowest BCUT2D eigenvalue weighted by Gasteiger charge is -2.10. The normalized spacial score (nSPS) is 10.5. The van der Waals surface area contributed by atoms with Gasteiger partial charge in [-0.05, 0) is 6.92 Å². The number of alkyl halides is 1. The Balaban J connectivity index is -0.0000000270. The average Bonchev–Trinajstić information content (AvgIpc) is 1.87. The van der Waals surface area contributed by atoms with Gasteiger partial charge in [0, 0.05) is 0 Å². The fourth-order valence-corrected chi connectivity index (χ4v) is 0.515. The molecule has 2 unspecified atom stereocenters. The molecule has 0 aliphatic carbocycles. The minimum Gasteiger partial charge on any atom is -0.368 e. The van der Waals surface area contributed by atoms with Gasteiger partial charge in [0.2, 0.25) is 0 Å². The van der Waals surface area contributed by atoms with Crippen molar-refractivity contribution in [3.05, 3.63) is 0 Å². The maximum Gasteiger partial charge on any atom is 0.166 e. The van der Waals surface area contributed by atoms with Crippen LogP contribution in [-0.2, 0) is 9.47 Å². The molecule has 0 saturated heterocycles. The Morgan fingerprint density at radius 3 is 1.56 bits per heavy atom. The summed E-state index contributed by atoms with van der Waals surface area (Å²) < 4.78 is 9.74. The molecular weight excluding hydrogens is 323 g/mol. The largest absolute Gasteiger partial charge is 0.368 e. The van der Waals surface area contributed by atoms with E-state index in [1.807, 2.05) is 22.6 Å². The molecule has 0 aromatic rings. The number of aliphatic hydroxyl groups is 2. The first-order chi connectivity index (χ1) is 4.66. The van der Waals surface area contributed by atoms with E-state index in [1.165, 1.54) is 6.92 Å². The van der Waals surface area contributed by atoms with Crippen LogP contribution in [0.5, 0.6) is 0 Å². The Morgan fingerprint density at radius 2 is 1.31 bits per heavy atom. The molecule has 0 spiro atoms. The molecule has 0 aliphatic rings. The first-order valence-electron chi connectivity index (χ1n) is 2.82. The molecule has 0 fully saturated rings. The van der Waals surface area contributed by atoms with Crippen molar-refractivity contribution in [2.45, 2.75) is 64.1 Å². The van der Waals surface area contributed by atoms with Crippen LogP contribution in [0.25, 0.3) is 0 Å². The molecule has 0 heterocycles. The first-order valence-corrected chi connectivity index (χ1v) is 4.34. The summed E-state index contributed by atoms with van der Waals surface area (Å²) in [5.74, 6) is 0. The van der Waals surface area contributed by atoms with Crippen LogP contribution in [0.1, 0.15) is 51.5 Å². The third-order valence-corrected chi connectivity index (χ3v) is 1.46. The van der Waals surface area contributed by atoms with Crippen LogP contribution in [0.2, 0.25) is 0 Å². The van der Waals surface area contributed by atoms with Crippen LogP contribution in [-0.4, -0.2) is 34.0 Å². The Bertz CT molecular complexity index is 82.4. The minimum absolute atomic E-state index is 0. The van der Waals surface area contributed by atoms with Gasteiger partial charge in [0.15, 0.2) is 19.4 Å². The van der Waals surface area contributed by atoms with E-state index in [2.05, 4.69) is 9.47 Å². The zero-order chi connectivity index (χ0) is 7.98. The highest BCUT2D eigenvalue weighted by molar-refractivity contribution is 14.1. The van der Waals surface area contributed by atoms with Crippen LogP contribution < -0.4 is 0 Å². The number of halogens is 1. The number of hydrogen-bond donors (Lipinski definition) is 2. The highest BCUT2D eigenvalue weighted by Gasteiger charge is 2.01. The van der Waals surface area contributed by atoms with Crippen molar-refractivity contribution in [1.82, 2.24) is 0 Å². The van der Waals surface area contributed by atoms with Crippen LogP contribution in [0.3, 0.4) is 0 Å². The maximum absolute atomic E-state index is 8.78. The van der Waals surface area contributed by atoms with E-state index in [-0.39, 0.29) is 51.4 Å². The summed E-state index contributed by atoms with van der Waals surface area (Å²) in [5.41, 5.74) is 0. The van der Waals surface area contributed by atoms with Gasteiger partial charge in [-0.2, -0.15) is 0 Å². The Morgan fingerprint density at radius 1 is 0.938 bits per heavy atom. The van der Waals surface area contributed by atoms with Gasteiger partial charge in [-0.25, -0.2) is 0 Å². The van der Waals surface area contributed by atoms with Gasteiger partial charge in [0.05, 0.1) is 4.43 Å². The Labute approximate surface area is 118 Å². The lowest BCUT2D eigenvalue weighted by Crippen LogP contribution is -2.18. The van der Waals surface area contributed by atoms with Crippen LogP contribution in [0.15, 0.2) is 0 Å². The first kappa shape index (κ1) is 43.9. The topological polar surface area (TPSA) is 58.9 Å². The SMILES string of the molecule is C.C.C.C.C.C.CC(O)OCOC(O)CI.